The fraction of sp³-hybridized carbons (Fsp3) is 1.00. The first-order valence-corrected chi connectivity index (χ1v) is 14.7. The van der Waals surface area contributed by atoms with Gasteiger partial charge in [-0.3, -0.25) is 0 Å². The van der Waals surface area contributed by atoms with Crippen LogP contribution in [0, 0.1) is 0 Å². The Bertz CT molecular complexity index is 393. The molecule has 0 aliphatic carbocycles. The Morgan fingerprint density at radius 2 is 0.839 bits per heavy atom. The maximum absolute atomic E-state index is 12.3. The number of quaternary nitrogens is 1. The average Bonchev–Trinajstić information content (AvgIpc) is 2.75. The van der Waals surface area contributed by atoms with Gasteiger partial charge in [-0.25, -0.2) is 0 Å². The van der Waals surface area contributed by atoms with Gasteiger partial charge in [0.25, 0.3) is 0 Å². The van der Waals surface area contributed by atoms with Gasteiger partial charge in [-0.2, -0.15) is 0 Å². The van der Waals surface area contributed by atoms with E-state index in [0.29, 0.717) is 0 Å². The van der Waals surface area contributed by atoms with Gasteiger partial charge in [-0.1, -0.05) is 97.8 Å². The Morgan fingerprint density at radius 3 is 1.13 bits per heavy atom. The van der Waals surface area contributed by atoms with E-state index in [1.54, 1.807) is 0 Å². The molecule has 0 fully saturated rings. The summed E-state index contributed by atoms with van der Waals surface area (Å²) in [5.41, 5.74) is 0. The van der Waals surface area contributed by atoms with Crippen molar-refractivity contribution in [3.05, 3.63) is 0 Å². The van der Waals surface area contributed by atoms with Crippen LogP contribution in [0.2, 0.25) is 0 Å². The summed E-state index contributed by atoms with van der Waals surface area (Å²) < 4.78 is 35.2. The molecule has 6 heteroatoms. The van der Waals surface area contributed by atoms with Crippen LogP contribution in [0.25, 0.3) is 0 Å². The van der Waals surface area contributed by atoms with E-state index >= 15 is 0 Å². The molecular weight excluding hydrogens is 410 g/mol. The number of hydroxylamine groups is 3. The van der Waals surface area contributed by atoms with E-state index in [9.17, 15) is 8.76 Å². The average molecular weight is 465 g/mol. The summed E-state index contributed by atoms with van der Waals surface area (Å²) in [6.45, 7) is 8.97. The highest BCUT2D eigenvalue weighted by Gasteiger charge is 2.47. The molecule has 0 bridgehead atoms. The largest absolute Gasteiger partial charge is 0.597 e. The van der Waals surface area contributed by atoms with Crippen LogP contribution in [0.5, 0.6) is 0 Å². The molecule has 31 heavy (non-hydrogen) atoms. The molecule has 0 aromatic heterocycles. The van der Waals surface area contributed by atoms with Crippen LogP contribution < -0.4 is 0 Å². The highest BCUT2D eigenvalue weighted by Crippen LogP contribution is 2.23. The van der Waals surface area contributed by atoms with Crippen molar-refractivity contribution < 1.29 is 21.9 Å². The molecule has 0 aliphatic rings. The number of hydrogen-bond acceptors (Lipinski definition) is 3. The smallest absolute Gasteiger partial charge is 0.124 e. The molecule has 5 nitrogen and oxygen atoms in total. The van der Waals surface area contributed by atoms with Crippen molar-refractivity contribution in [3.63, 3.8) is 0 Å². The SMILES string of the molecule is CCCCCCCC[N+](CCCCCCCC)(CCCCCCCC)O[S+]([O])(=O)OC. The normalized spacial score (nSPS) is 14.1. The van der Waals surface area contributed by atoms with Crippen LogP contribution in [0.3, 0.4) is 0 Å². The molecule has 1 unspecified atom stereocenters. The number of unbranched alkanes of at least 4 members (excludes halogenated alkanes) is 15. The standard InChI is InChI=1S/C25H54NO4S/c1-5-8-11-14-17-20-23-26(30-31(27,28)29-4,24-21-18-15-12-9-6-2)25-22-19-16-13-10-7-3/h5-25H2,1-4H3/q+2. The van der Waals surface area contributed by atoms with Crippen molar-refractivity contribution in [1.82, 2.24) is 0 Å². The summed E-state index contributed by atoms with van der Waals surface area (Å²) in [4.78, 5) is 0. The number of hydrogen-bond donors (Lipinski definition) is 0. The molecule has 0 aromatic carbocycles. The van der Waals surface area contributed by atoms with Crippen LogP contribution >= 0.6 is 0 Å². The first-order valence-electron chi connectivity index (χ1n) is 13.3. The quantitative estimate of drug-likeness (QED) is 0.0627. The lowest BCUT2D eigenvalue weighted by Gasteiger charge is -2.31. The molecule has 0 N–H and O–H groups in total. The molecule has 0 saturated carbocycles. The van der Waals surface area contributed by atoms with Gasteiger partial charge in [0.05, 0.1) is 11.4 Å². The number of nitrogens with zero attached hydrogens (tertiary/aromatic N) is 1. The zero-order chi connectivity index (χ0) is 23.3. The molecular formula is C25H54NO4S+2. The molecule has 0 aromatic rings. The predicted molar refractivity (Wildman–Crippen MR) is 132 cm³/mol. The second-order valence-electron chi connectivity index (χ2n) is 9.18. The van der Waals surface area contributed by atoms with E-state index in [-0.39, 0.29) is 4.65 Å². The van der Waals surface area contributed by atoms with Gasteiger partial charge in [0.2, 0.25) is 0 Å². The third kappa shape index (κ3) is 18.1. The summed E-state index contributed by atoms with van der Waals surface area (Å²) >= 11 is 0. The molecule has 0 spiro atoms. The van der Waals surface area contributed by atoms with Gasteiger partial charge in [0.15, 0.2) is 0 Å². The third-order valence-electron chi connectivity index (χ3n) is 6.21. The lowest BCUT2D eigenvalue weighted by molar-refractivity contribution is -1.08. The molecule has 0 saturated heterocycles. The first kappa shape index (κ1) is 31.0. The molecule has 1 radical (unpaired) electrons. The van der Waals surface area contributed by atoms with E-state index in [4.69, 9.17) is 8.47 Å². The summed E-state index contributed by atoms with van der Waals surface area (Å²) in [5.74, 6) is 0. The second kappa shape index (κ2) is 20.6. The van der Waals surface area contributed by atoms with Gasteiger partial charge in [-0.05, 0) is 38.5 Å². The van der Waals surface area contributed by atoms with Crippen LogP contribution in [0.4, 0.5) is 0 Å². The van der Waals surface area contributed by atoms with Crippen molar-refractivity contribution in [2.24, 2.45) is 0 Å². The summed E-state index contributed by atoms with van der Waals surface area (Å²) in [6, 6.07) is 0. The van der Waals surface area contributed by atoms with Gasteiger partial charge in [0.1, 0.15) is 24.2 Å². The van der Waals surface area contributed by atoms with Crippen molar-refractivity contribution in [2.75, 3.05) is 26.7 Å². The lowest BCUT2D eigenvalue weighted by atomic mass is 10.1. The minimum atomic E-state index is -3.96. The maximum atomic E-state index is 12.3. The Kier molecular flexibility index (Phi) is 20.6. The Balaban J connectivity index is 4.91. The van der Waals surface area contributed by atoms with Crippen molar-refractivity contribution >= 4 is 10.8 Å². The van der Waals surface area contributed by atoms with Crippen molar-refractivity contribution in [1.29, 1.82) is 0 Å². The fourth-order valence-corrected chi connectivity index (χ4v) is 4.88. The Labute approximate surface area is 195 Å². The van der Waals surface area contributed by atoms with Crippen molar-refractivity contribution in [2.45, 2.75) is 136 Å². The zero-order valence-electron chi connectivity index (χ0n) is 21.3. The van der Waals surface area contributed by atoms with Gasteiger partial charge >= 0.3 is 10.8 Å². The fourth-order valence-electron chi connectivity index (χ4n) is 4.21. The van der Waals surface area contributed by atoms with Crippen LogP contribution in [0.1, 0.15) is 136 Å². The Morgan fingerprint density at radius 1 is 0.548 bits per heavy atom. The highest BCUT2D eigenvalue weighted by molar-refractivity contribution is 7.88. The Hall–Kier alpha value is -0.0100. The molecule has 0 heterocycles. The first-order chi connectivity index (χ1) is 14.9. The van der Waals surface area contributed by atoms with E-state index in [2.05, 4.69) is 20.8 Å². The lowest BCUT2D eigenvalue weighted by Crippen LogP contribution is -2.52. The van der Waals surface area contributed by atoms with Crippen LogP contribution in [-0.2, 0) is 28.0 Å². The van der Waals surface area contributed by atoms with E-state index < -0.39 is 10.8 Å². The summed E-state index contributed by atoms with van der Waals surface area (Å²) in [6.07, 6.45) is 21.5. The second-order valence-corrected chi connectivity index (χ2v) is 10.5. The van der Waals surface area contributed by atoms with E-state index in [1.807, 2.05) is 0 Å². The van der Waals surface area contributed by atoms with Crippen LogP contribution in [-0.4, -0.2) is 31.4 Å². The van der Waals surface area contributed by atoms with Gasteiger partial charge in [0, 0.05) is 4.21 Å². The van der Waals surface area contributed by atoms with Gasteiger partial charge in [-0.15, -0.1) is 8.83 Å². The van der Waals surface area contributed by atoms with Crippen molar-refractivity contribution in [3.8, 4) is 0 Å². The maximum Gasteiger partial charge on any atom is 0.597 e. The summed E-state index contributed by atoms with van der Waals surface area (Å²) in [7, 11) is -2.76. The van der Waals surface area contributed by atoms with E-state index in [0.717, 1.165) is 58.2 Å². The number of rotatable bonds is 24. The monoisotopic (exact) mass is 464 g/mol. The highest BCUT2D eigenvalue weighted by atomic mass is 32.3. The molecule has 187 valence electrons. The molecule has 0 rings (SSSR count). The molecule has 0 amide bonds. The minimum absolute atomic E-state index is 0.214. The minimum Gasteiger partial charge on any atom is -0.124 e. The predicted octanol–water partition coefficient (Wildman–Crippen LogP) is 8.14. The molecule has 1 atom stereocenters. The van der Waals surface area contributed by atoms with E-state index in [1.165, 1.54) is 84.2 Å². The third-order valence-corrected chi connectivity index (χ3v) is 7.12. The summed E-state index contributed by atoms with van der Waals surface area (Å²) in [5, 5.41) is 0. The zero-order valence-corrected chi connectivity index (χ0v) is 22.2. The van der Waals surface area contributed by atoms with Crippen LogP contribution in [0.15, 0.2) is 0 Å². The molecule has 0 aliphatic heterocycles. The van der Waals surface area contributed by atoms with Gasteiger partial charge < -0.3 is 0 Å². The topological polar surface area (TPSA) is 55.4 Å².